The van der Waals surface area contributed by atoms with Crippen LogP contribution in [-0.2, 0) is 4.74 Å². The summed E-state index contributed by atoms with van der Waals surface area (Å²) in [6, 6.07) is 1.30. The van der Waals surface area contributed by atoms with E-state index in [0.29, 0.717) is 0 Å². The van der Waals surface area contributed by atoms with E-state index < -0.39 is 29.4 Å². The summed E-state index contributed by atoms with van der Waals surface area (Å²) in [5, 5.41) is 0. The zero-order chi connectivity index (χ0) is 14.8. The van der Waals surface area contributed by atoms with Gasteiger partial charge in [-0.15, -0.1) is 0 Å². The lowest BCUT2D eigenvalue weighted by Gasteiger charge is -2.57. The molecule has 0 N–H and O–H groups in total. The zero-order valence-corrected chi connectivity index (χ0v) is 17.9. The smallest absolute Gasteiger partial charge is 0.106 e. The van der Waals surface area contributed by atoms with Gasteiger partial charge in [0.1, 0.15) is 6.11 Å². The van der Waals surface area contributed by atoms with Crippen LogP contribution in [0.4, 0.5) is 0 Å². The van der Waals surface area contributed by atoms with Crippen molar-refractivity contribution in [1.29, 1.82) is 0 Å². The van der Waals surface area contributed by atoms with Crippen molar-refractivity contribution >= 4 is 29.4 Å². The Morgan fingerprint density at radius 2 is 1.11 bits per heavy atom. The van der Waals surface area contributed by atoms with Gasteiger partial charge in [0.05, 0.1) is 6.61 Å². The predicted molar refractivity (Wildman–Crippen MR) is 95.4 cm³/mol. The van der Waals surface area contributed by atoms with Crippen molar-refractivity contribution < 1.29 is 4.74 Å². The molecule has 0 aliphatic heterocycles. The Morgan fingerprint density at radius 3 is 1.33 bits per heavy atom. The second kappa shape index (κ2) is 5.69. The Balaban J connectivity index is 5.70. The summed E-state index contributed by atoms with van der Waals surface area (Å²) >= 11 is 0. The lowest BCUT2D eigenvalue weighted by Crippen LogP contribution is -2.82. The molecule has 0 aliphatic rings. The SMILES string of the molecule is C#COCC[Si]([Si](C)(C)C)([Si](C)(C)C)[Si](C)(C)C. The summed E-state index contributed by atoms with van der Waals surface area (Å²) in [7, 11) is -3.43. The molecule has 0 heterocycles. The van der Waals surface area contributed by atoms with Gasteiger partial charge in [-0.3, -0.25) is 0 Å². The Labute approximate surface area is 118 Å². The molecule has 5 heteroatoms. The Hall–Kier alpha value is 0.228. The molecular formula is C13H32OSi4. The lowest BCUT2D eigenvalue weighted by atomic mass is 10.9. The molecule has 0 aromatic rings. The van der Waals surface area contributed by atoms with Gasteiger partial charge in [0.25, 0.3) is 0 Å². The van der Waals surface area contributed by atoms with Crippen molar-refractivity contribution in [2.75, 3.05) is 6.61 Å². The lowest BCUT2D eigenvalue weighted by molar-refractivity contribution is 0.299. The first kappa shape index (κ1) is 18.2. The number of rotatable bonds is 6. The van der Waals surface area contributed by atoms with Crippen LogP contribution in [0, 0.1) is 12.5 Å². The van der Waals surface area contributed by atoms with Crippen LogP contribution in [0.2, 0.25) is 65.0 Å². The molecule has 0 saturated carbocycles. The molecule has 1 nitrogen and oxygen atoms in total. The van der Waals surface area contributed by atoms with Crippen molar-refractivity contribution in [2.24, 2.45) is 0 Å². The fraction of sp³-hybridized carbons (Fsp3) is 0.846. The van der Waals surface area contributed by atoms with Crippen molar-refractivity contribution in [3.63, 3.8) is 0 Å². The fourth-order valence-corrected chi connectivity index (χ4v) is 103. The standard InChI is InChI=1S/C13H32OSi4/c1-11-14-12-13-18(15(2,3)4,16(5,6)7)17(8,9)10/h1H,12-13H2,2-10H3. The fourth-order valence-electron chi connectivity index (χ4n) is 4.76. The molecule has 0 aromatic heterocycles. The average molecular weight is 317 g/mol. The largest absolute Gasteiger partial charge is 0.447 e. The van der Waals surface area contributed by atoms with E-state index in [0.717, 1.165) is 6.61 Å². The molecular weight excluding hydrogens is 284 g/mol. The van der Waals surface area contributed by atoms with E-state index in [1.807, 2.05) is 0 Å². The van der Waals surface area contributed by atoms with Crippen molar-refractivity contribution in [3.8, 4) is 12.5 Å². The van der Waals surface area contributed by atoms with Crippen molar-refractivity contribution in [3.05, 3.63) is 0 Å². The van der Waals surface area contributed by atoms with Crippen molar-refractivity contribution in [1.82, 2.24) is 0 Å². The third kappa shape index (κ3) is 3.41. The minimum Gasteiger partial charge on any atom is -0.447 e. The summed E-state index contributed by atoms with van der Waals surface area (Å²) in [5.74, 6) is 0. The van der Waals surface area contributed by atoms with E-state index in [1.54, 1.807) is 0 Å². The first-order valence-electron chi connectivity index (χ1n) is 6.89. The van der Waals surface area contributed by atoms with Crippen LogP contribution in [-0.4, -0.2) is 36.0 Å². The van der Waals surface area contributed by atoms with Crippen LogP contribution in [0.15, 0.2) is 0 Å². The molecule has 0 amide bonds. The molecule has 0 bridgehead atoms. The maximum Gasteiger partial charge on any atom is 0.106 e. The van der Waals surface area contributed by atoms with Crippen LogP contribution < -0.4 is 0 Å². The number of terminal acetylenes is 1. The molecule has 0 radical (unpaired) electrons. The van der Waals surface area contributed by atoms with E-state index in [1.165, 1.54) is 6.04 Å². The van der Waals surface area contributed by atoms with E-state index in [2.05, 4.69) is 65.0 Å². The van der Waals surface area contributed by atoms with Gasteiger partial charge in [0.2, 0.25) is 0 Å². The molecule has 0 unspecified atom stereocenters. The third-order valence-corrected chi connectivity index (χ3v) is 78.9. The predicted octanol–water partition coefficient (Wildman–Crippen LogP) is 4.29. The van der Waals surface area contributed by atoms with Gasteiger partial charge in [-0.25, -0.2) is 0 Å². The molecule has 0 rings (SSSR count). The van der Waals surface area contributed by atoms with Crippen LogP contribution in [0.1, 0.15) is 0 Å². The maximum absolute atomic E-state index is 5.30. The van der Waals surface area contributed by atoms with E-state index >= 15 is 0 Å². The van der Waals surface area contributed by atoms with Gasteiger partial charge in [-0.05, 0) is 6.04 Å². The molecule has 0 aliphatic carbocycles. The molecule has 18 heavy (non-hydrogen) atoms. The summed E-state index contributed by atoms with van der Waals surface area (Å²) in [6.45, 7) is 23.0. The molecule has 0 aromatic carbocycles. The highest BCUT2D eigenvalue weighted by atomic mass is 29.9. The van der Waals surface area contributed by atoms with Crippen LogP contribution in [0.5, 0.6) is 0 Å². The number of ether oxygens (including phenoxy) is 1. The van der Waals surface area contributed by atoms with E-state index in [4.69, 9.17) is 11.2 Å². The number of hydrogen-bond acceptors (Lipinski definition) is 1. The summed E-state index contributed by atoms with van der Waals surface area (Å²) < 4.78 is 5.30. The van der Waals surface area contributed by atoms with E-state index in [9.17, 15) is 0 Å². The van der Waals surface area contributed by atoms with Gasteiger partial charge >= 0.3 is 0 Å². The minimum atomic E-state index is -1.24. The first-order chi connectivity index (χ1) is 7.81. The Bertz CT molecular complexity index is 276. The summed E-state index contributed by atoms with van der Waals surface area (Å²) in [6.07, 6.45) is 7.63. The van der Waals surface area contributed by atoms with Crippen LogP contribution in [0.25, 0.3) is 0 Å². The highest BCUT2D eigenvalue weighted by Crippen LogP contribution is 2.39. The van der Waals surface area contributed by atoms with E-state index in [-0.39, 0.29) is 0 Å². The summed E-state index contributed by atoms with van der Waals surface area (Å²) in [4.78, 5) is 0. The molecule has 0 fully saturated rings. The monoisotopic (exact) mass is 316 g/mol. The Morgan fingerprint density at radius 1 is 0.778 bits per heavy atom. The second-order valence-corrected chi connectivity index (χ2v) is 49.9. The van der Waals surface area contributed by atoms with Gasteiger partial charge in [-0.1, -0.05) is 65.3 Å². The topological polar surface area (TPSA) is 9.23 Å². The van der Waals surface area contributed by atoms with Crippen LogP contribution in [0.3, 0.4) is 0 Å². The number of hydrogen-bond donors (Lipinski definition) is 0. The molecule has 0 spiro atoms. The highest BCUT2D eigenvalue weighted by molar-refractivity contribution is 7.89. The van der Waals surface area contributed by atoms with Crippen molar-refractivity contribution in [2.45, 2.75) is 65.0 Å². The normalized spacial score (nSPS) is 14.2. The zero-order valence-electron chi connectivity index (χ0n) is 13.9. The molecule has 0 saturated heterocycles. The minimum absolute atomic E-state index is 0.793. The first-order valence-corrected chi connectivity index (χ1v) is 22.6. The summed E-state index contributed by atoms with van der Waals surface area (Å²) in [5.41, 5.74) is 0. The second-order valence-electron chi connectivity index (χ2n) is 8.37. The highest BCUT2D eigenvalue weighted by Gasteiger charge is 2.60. The third-order valence-electron chi connectivity index (χ3n) is 4.50. The van der Waals surface area contributed by atoms with Gasteiger partial charge in [0, 0.05) is 29.4 Å². The Kier molecular flexibility index (Phi) is 5.77. The maximum atomic E-state index is 5.30. The quantitative estimate of drug-likeness (QED) is 0.403. The molecule has 106 valence electrons. The molecule has 0 atom stereocenters. The van der Waals surface area contributed by atoms with Gasteiger partial charge in [-0.2, -0.15) is 0 Å². The van der Waals surface area contributed by atoms with Gasteiger partial charge < -0.3 is 4.74 Å². The van der Waals surface area contributed by atoms with Gasteiger partial charge in [0.15, 0.2) is 0 Å². The average Bonchev–Trinajstić information content (AvgIpc) is 2.05. The van der Waals surface area contributed by atoms with Crippen LogP contribution >= 0.6 is 0 Å².